The van der Waals surface area contributed by atoms with Gasteiger partial charge in [-0.25, -0.2) is 0 Å². The summed E-state index contributed by atoms with van der Waals surface area (Å²) in [5.41, 5.74) is 0. The van der Waals surface area contributed by atoms with Crippen molar-refractivity contribution < 1.29 is 39.8 Å². The van der Waals surface area contributed by atoms with Crippen molar-refractivity contribution in [2.45, 2.75) is 224 Å². The molecule has 370 valence electrons. The van der Waals surface area contributed by atoms with Gasteiger partial charge in [-0.1, -0.05) is 200 Å². The molecule has 65 heavy (non-hydrogen) atoms. The number of ether oxygens (including phenoxy) is 2. The highest BCUT2D eigenvalue weighted by Crippen LogP contribution is 2.22. The molecule has 1 aliphatic rings. The molecule has 9 heteroatoms. The number of carbonyl (C=O) groups is 1. The maximum atomic E-state index is 13.0. The monoisotopic (exact) mass is 908 g/mol. The van der Waals surface area contributed by atoms with E-state index in [0.717, 1.165) is 103 Å². The minimum absolute atomic E-state index is 0.194. The zero-order chi connectivity index (χ0) is 47.3. The van der Waals surface area contributed by atoms with E-state index in [1.54, 1.807) is 6.08 Å². The number of nitrogens with one attached hydrogen (secondary N) is 1. The van der Waals surface area contributed by atoms with Crippen molar-refractivity contribution in [3.05, 3.63) is 109 Å². The SMILES string of the molecule is CC/C=C\C/C=C\C/C=C\C/C=C\C/C=C\C/C=C\C/C=C\C/C=C\CCCCCCCCCCC(=O)NC(COC1OC(CO)C(O)C(O)C1O)C(O)/C=C/CCCCCCCCC. The Morgan fingerprint density at radius 3 is 1.42 bits per heavy atom. The van der Waals surface area contributed by atoms with Crippen molar-refractivity contribution in [3.63, 3.8) is 0 Å². The molecule has 7 unspecified atom stereocenters. The third-order valence-corrected chi connectivity index (χ3v) is 11.4. The fraction of sp³-hybridized carbons (Fsp3) is 0.661. The molecular weight excluding hydrogens is 815 g/mol. The summed E-state index contributed by atoms with van der Waals surface area (Å²) < 4.78 is 11.2. The largest absolute Gasteiger partial charge is 0.394 e. The molecule has 0 aliphatic carbocycles. The molecule has 0 bridgehead atoms. The molecule has 0 spiro atoms. The van der Waals surface area contributed by atoms with Gasteiger partial charge in [0.1, 0.15) is 24.4 Å². The Labute approximate surface area is 396 Å². The van der Waals surface area contributed by atoms with Gasteiger partial charge in [0.25, 0.3) is 0 Å². The van der Waals surface area contributed by atoms with Crippen LogP contribution in [-0.2, 0) is 14.3 Å². The van der Waals surface area contributed by atoms with Gasteiger partial charge in [-0.2, -0.15) is 0 Å². The molecular formula is C56H93NO8. The summed E-state index contributed by atoms with van der Waals surface area (Å²) in [6.07, 6.45) is 58.7. The number of allylic oxidation sites excluding steroid dienone is 17. The first-order valence-electron chi connectivity index (χ1n) is 25.6. The van der Waals surface area contributed by atoms with Crippen molar-refractivity contribution >= 4 is 5.91 Å². The molecule has 0 saturated carbocycles. The first kappa shape index (κ1) is 59.9. The molecule has 1 saturated heterocycles. The Morgan fingerprint density at radius 1 is 0.538 bits per heavy atom. The van der Waals surface area contributed by atoms with E-state index in [-0.39, 0.29) is 12.5 Å². The third-order valence-electron chi connectivity index (χ3n) is 11.4. The van der Waals surface area contributed by atoms with E-state index >= 15 is 0 Å². The predicted octanol–water partition coefficient (Wildman–Crippen LogP) is 11.8. The number of unbranched alkanes of at least 4 members (excludes halogenated alkanes) is 15. The molecule has 1 heterocycles. The zero-order valence-electron chi connectivity index (χ0n) is 40.7. The molecule has 9 nitrogen and oxygen atoms in total. The van der Waals surface area contributed by atoms with Gasteiger partial charge in [0.2, 0.25) is 5.91 Å². The minimum atomic E-state index is -1.57. The van der Waals surface area contributed by atoms with E-state index in [0.29, 0.717) is 6.42 Å². The fourth-order valence-corrected chi connectivity index (χ4v) is 7.29. The van der Waals surface area contributed by atoms with Gasteiger partial charge in [-0.05, 0) is 83.5 Å². The van der Waals surface area contributed by atoms with Crippen molar-refractivity contribution in [2.75, 3.05) is 13.2 Å². The summed E-state index contributed by atoms with van der Waals surface area (Å²) in [7, 11) is 0. The van der Waals surface area contributed by atoms with Crippen LogP contribution in [0.2, 0.25) is 0 Å². The van der Waals surface area contributed by atoms with Crippen LogP contribution < -0.4 is 5.32 Å². The molecule has 0 radical (unpaired) electrons. The number of carbonyl (C=O) groups excluding carboxylic acids is 1. The second-order valence-corrected chi connectivity index (χ2v) is 17.2. The standard InChI is InChI=1S/C56H93NO8/c1-3-5-7-9-11-13-14-15-16-17-18-19-20-21-22-23-24-25-26-27-28-29-30-31-32-33-34-35-36-38-40-42-44-46-52(60)57-49(50(59)45-43-41-39-37-12-10-8-6-4-2)48-64-56-55(63)54(62)53(61)51(47-58)65-56/h5,7,11,13,15-16,18-19,21-22,24-25,27-28,30-31,43,45,49-51,53-56,58-59,61-63H,3-4,6,8-10,12,14,17,20,23,26,29,32-42,44,46-48H2,1-2H3,(H,57,60)/b7-5-,13-11-,16-15-,19-18-,22-21-,25-24-,28-27-,31-30-,45-43+. The topological polar surface area (TPSA) is 149 Å². The van der Waals surface area contributed by atoms with Gasteiger partial charge < -0.3 is 40.3 Å². The number of hydrogen-bond donors (Lipinski definition) is 6. The lowest BCUT2D eigenvalue weighted by atomic mass is 9.99. The van der Waals surface area contributed by atoms with E-state index < -0.39 is 49.5 Å². The van der Waals surface area contributed by atoms with E-state index in [2.05, 4.69) is 116 Å². The first-order chi connectivity index (χ1) is 31.8. The highest BCUT2D eigenvalue weighted by atomic mass is 16.7. The highest BCUT2D eigenvalue weighted by Gasteiger charge is 2.44. The summed E-state index contributed by atoms with van der Waals surface area (Å²) in [5, 5.41) is 54.1. The first-order valence-corrected chi connectivity index (χ1v) is 25.6. The van der Waals surface area contributed by atoms with Gasteiger partial charge in [-0.15, -0.1) is 0 Å². The molecule has 7 atom stereocenters. The van der Waals surface area contributed by atoms with Crippen LogP contribution >= 0.6 is 0 Å². The van der Waals surface area contributed by atoms with E-state index in [1.165, 1.54) is 57.8 Å². The molecule has 1 aliphatic heterocycles. The molecule has 0 aromatic heterocycles. The Kier molecular flexibility index (Phi) is 41.1. The summed E-state index contributed by atoms with van der Waals surface area (Å²) in [6.45, 7) is 3.60. The van der Waals surface area contributed by atoms with Crippen LogP contribution in [-0.4, -0.2) is 87.5 Å². The van der Waals surface area contributed by atoms with Crippen molar-refractivity contribution in [1.29, 1.82) is 0 Å². The van der Waals surface area contributed by atoms with Crippen LogP contribution in [0.5, 0.6) is 0 Å². The van der Waals surface area contributed by atoms with Gasteiger partial charge in [0.15, 0.2) is 6.29 Å². The number of aliphatic hydroxyl groups excluding tert-OH is 5. The molecule has 1 amide bonds. The van der Waals surface area contributed by atoms with Crippen LogP contribution in [0, 0.1) is 0 Å². The average Bonchev–Trinajstić information content (AvgIpc) is 3.31. The summed E-state index contributed by atoms with van der Waals surface area (Å²) >= 11 is 0. The molecule has 0 aromatic rings. The van der Waals surface area contributed by atoms with Crippen LogP contribution in [0.4, 0.5) is 0 Å². The van der Waals surface area contributed by atoms with Crippen LogP contribution in [0.3, 0.4) is 0 Å². The number of rotatable bonds is 41. The van der Waals surface area contributed by atoms with Gasteiger partial charge in [0, 0.05) is 6.42 Å². The summed E-state index contributed by atoms with van der Waals surface area (Å²) in [4.78, 5) is 13.0. The Hall–Kier alpha value is -3.15. The van der Waals surface area contributed by atoms with Crippen molar-refractivity contribution in [3.8, 4) is 0 Å². The minimum Gasteiger partial charge on any atom is -0.394 e. The van der Waals surface area contributed by atoms with Gasteiger partial charge >= 0.3 is 0 Å². The Balaban J connectivity index is 2.18. The molecule has 6 N–H and O–H groups in total. The quantitative estimate of drug-likeness (QED) is 0.0262. The molecule has 1 rings (SSSR count). The summed E-state index contributed by atoms with van der Waals surface area (Å²) in [6, 6.07) is -0.814. The third kappa shape index (κ3) is 34.8. The van der Waals surface area contributed by atoms with Crippen LogP contribution in [0.1, 0.15) is 181 Å². The highest BCUT2D eigenvalue weighted by molar-refractivity contribution is 5.76. The zero-order valence-corrected chi connectivity index (χ0v) is 40.7. The molecule has 0 aromatic carbocycles. The smallest absolute Gasteiger partial charge is 0.220 e. The molecule has 1 fully saturated rings. The Morgan fingerprint density at radius 2 is 0.954 bits per heavy atom. The lowest BCUT2D eigenvalue weighted by Crippen LogP contribution is -2.60. The maximum absolute atomic E-state index is 13.0. The normalized spacial score (nSPS) is 20.9. The lowest BCUT2D eigenvalue weighted by molar-refractivity contribution is -0.302. The van der Waals surface area contributed by atoms with E-state index in [4.69, 9.17) is 9.47 Å². The van der Waals surface area contributed by atoms with Crippen molar-refractivity contribution in [2.24, 2.45) is 0 Å². The predicted molar refractivity (Wildman–Crippen MR) is 271 cm³/mol. The Bertz CT molecular complexity index is 1380. The second kappa shape index (κ2) is 44.7. The second-order valence-electron chi connectivity index (χ2n) is 17.2. The lowest BCUT2D eigenvalue weighted by Gasteiger charge is -2.40. The summed E-state index contributed by atoms with van der Waals surface area (Å²) in [5.74, 6) is -0.194. The maximum Gasteiger partial charge on any atom is 0.220 e. The van der Waals surface area contributed by atoms with Crippen molar-refractivity contribution in [1.82, 2.24) is 5.32 Å². The number of amides is 1. The fourth-order valence-electron chi connectivity index (χ4n) is 7.29. The van der Waals surface area contributed by atoms with Gasteiger partial charge in [-0.3, -0.25) is 4.79 Å². The van der Waals surface area contributed by atoms with E-state index in [1.807, 2.05) is 6.08 Å². The number of hydrogen-bond acceptors (Lipinski definition) is 8. The average molecular weight is 908 g/mol. The van der Waals surface area contributed by atoms with E-state index in [9.17, 15) is 30.3 Å². The van der Waals surface area contributed by atoms with Crippen LogP contribution in [0.15, 0.2) is 109 Å². The van der Waals surface area contributed by atoms with Crippen LogP contribution in [0.25, 0.3) is 0 Å². The number of aliphatic hydroxyl groups is 5. The van der Waals surface area contributed by atoms with Gasteiger partial charge in [0.05, 0.1) is 25.4 Å².